The highest BCUT2D eigenvalue weighted by molar-refractivity contribution is 5.89. The van der Waals surface area contributed by atoms with E-state index in [0.29, 0.717) is 51.3 Å². The van der Waals surface area contributed by atoms with Crippen LogP contribution in [0.5, 0.6) is 17.2 Å². The molecule has 11 nitrogen and oxygen atoms in total. The summed E-state index contributed by atoms with van der Waals surface area (Å²) < 4.78 is 27.4. The normalized spacial score (nSPS) is 10.9. The first-order valence-electron chi connectivity index (χ1n) is 16.3. The van der Waals surface area contributed by atoms with Gasteiger partial charge in [-0.2, -0.15) is 0 Å². The van der Waals surface area contributed by atoms with Gasteiger partial charge in [0, 0.05) is 24.1 Å². The molecule has 2 heterocycles. The van der Waals surface area contributed by atoms with Crippen molar-refractivity contribution in [2.75, 3.05) is 27.9 Å². The number of nitrogens with one attached hydrogen (secondary N) is 1. The molecule has 0 saturated carbocycles. The van der Waals surface area contributed by atoms with Gasteiger partial charge in [-0.05, 0) is 65.2 Å². The van der Waals surface area contributed by atoms with Gasteiger partial charge in [0.2, 0.25) is 5.91 Å². The van der Waals surface area contributed by atoms with E-state index in [4.69, 9.17) is 23.3 Å². The molecule has 2 N–H and O–H groups in total. The van der Waals surface area contributed by atoms with Gasteiger partial charge in [0.1, 0.15) is 34.4 Å². The van der Waals surface area contributed by atoms with E-state index in [1.54, 1.807) is 21.3 Å². The number of aliphatic hydroxyl groups excluding tert-OH is 1. The Kier molecular flexibility index (Phi) is 10.9. The second kappa shape index (κ2) is 16.0. The number of nitrogens with zero attached hydrogens (tertiary/aromatic N) is 2. The van der Waals surface area contributed by atoms with Crippen LogP contribution in [-0.4, -0.2) is 55.0 Å². The number of hydrogen-bond acceptors (Lipinski definition) is 10. The van der Waals surface area contributed by atoms with Crippen molar-refractivity contribution in [1.82, 2.24) is 15.6 Å². The summed E-state index contributed by atoms with van der Waals surface area (Å²) in [4.78, 5) is 26.4. The van der Waals surface area contributed by atoms with Crippen LogP contribution in [0.3, 0.4) is 0 Å². The molecular weight excluding hydrogens is 650 g/mol. The number of carbonyl (C=O) groups is 2. The van der Waals surface area contributed by atoms with Crippen molar-refractivity contribution >= 4 is 11.7 Å². The number of carbonyl (C=O) groups excluding carboxylic acids is 2. The number of amides is 1. The second-order valence-electron chi connectivity index (χ2n) is 11.7. The van der Waals surface area contributed by atoms with Crippen LogP contribution in [0, 0.1) is 0 Å². The maximum atomic E-state index is 13.2. The molecule has 6 rings (SSSR count). The molecule has 0 unspecified atom stereocenters. The number of methoxy groups -OCH3 is 3. The minimum atomic E-state index is -0.323. The van der Waals surface area contributed by atoms with Crippen LogP contribution >= 0.6 is 0 Å². The molecule has 0 aliphatic heterocycles. The molecule has 0 saturated heterocycles. The number of hydrogen-bond donors (Lipinski definition) is 2. The van der Waals surface area contributed by atoms with Crippen molar-refractivity contribution in [2.45, 2.75) is 25.9 Å². The van der Waals surface area contributed by atoms with E-state index in [0.717, 1.165) is 27.8 Å². The lowest BCUT2D eigenvalue weighted by Crippen LogP contribution is -2.27. The van der Waals surface area contributed by atoms with Gasteiger partial charge >= 0.3 is 0 Å². The molecule has 6 aromatic rings. The Bertz CT molecular complexity index is 1930. The Morgan fingerprint density at radius 2 is 1.02 bits per heavy atom. The van der Waals surface area contributed by atoms with E-state index in [2.05, 4.69) is 15.6 Å². The predicted octanol–water partition coefficient (Wildman–Crippen LogP) is 6.71. The molecule has 0 fully saturated rings. The fourth-order valence-electron chi connectivity index (χ4n) is 5.73. The third-order valence-electron chi connectivity index (χ3n) is 8.46. The number of ether oxygens (including phenoxy) is 3. The molecule has 11 heteroatoms. The van der Waals surface area contributed by atoms with Crippen LogP contribution in [0.15, 0.2) is 106 Å². The Labute approximate surface area is 294 Å². The summed E-state index contributed by atoms with van der Waals surface area (Å²) in [5.41, 5.74) is 6.51. The summed E-state index contributed by atoms with van der Waals surface area (Å²) in [5, 5.41) is 21.0. The van der Waals surface area contributed by atoms with Crippen LogP contribution < -0.4 is 19.5 Å². The zero-order valence-corrected chi connectivity index (χ0v) is 28.5. The highest BCUT2D eigenvalue weighted by atomic mass is 16.5. The van der Waals surface area contributed by atoms with Gasteiger partial charge in [-0.3, -0.25) is 9.59 Å². The van der Waals surface area contributed by atoms with Gasteiger partial charge in [0.05, 0.1) is 51.9 Å². The van der Waals surface area contributed by atoms with Crippen molar-refractivity contribution in [2.24, 2.45) is 0 Å². The minimum Gasteiger partial charge on any atom is -0.497 e. The quantitative estimate of drug-likeness (QED) is 0.119. The van der Waals surface area contributed by atoms with E-state index in [9.17, 15) is 14.7 Å². The van der Waals surface area contributed by atoms with Crippen molar-refractivity contribution < 1.29 is 38.0 Å². The minimum absolute atomic E-state index is 0.0114. The standard InChI is InChI=1S/C40H37N3O8/c1-47-31-14-8-26(9-15-31)37-34(50-42-40(37)29-12-18-33(49-3)19-13-29)22-30(45)20-21-41-36(46)23-35-38(27-10-16-32(48-2)17-11-27)39(43-51-35)28-6-4-25(24-44)5-7-28/h4-19,44H,20-24H2,1-3H3,(H,41,46). The number of aromatic nitrogens is 2. The topological polar surface area (TPSA) is 146 Å². The van der Waals surface area contributed by atoms with E-state index in [1.165, 1.54) is 0 Å². The first kappa shape index (κ1) is 34.7. The van der Waals surface area contributed by atoms with Crippen LogP contribution in [0.1, 0.15) is 23.5 Å². The number of rotatable bonds is 15. The van der Waals surface area contributed by atoms with Gasteiger partial charge in [-0.15, -0.1) is 0 Å². The lowest BCUT2D eigenvalue weighted by Gasteiger charge is -2.08. The Morgan fingerprint density at radius 1 is 0.608 bits per heavy atom. The number of benzene rings is 4. The lowest BCUT2D eigenvalue weighted by molar-refractivity contribution is -0.121. The third kappa shape index (κ3) is 8.00. The van der Waals surface area contributed by atoms with Crippen molar-refractivity contribution in [3.05, 3.63) is 114 Å². The van der Waals surface area contributed by atoms with Gasteiger partial charge in [-0.1, -0.05) is 58.8 Å². The number of aliphatic hydroxyl groups is 1. The summed E-state index contributed by atoms with van der Waals surface area (Å²) in [6.07, 6.45) is -0.0225. The maximum absolute atomic E-state index is 13.2. The predicted molar refractivity (Wildman–Crippen MR) is 190 cm³/mol. The highest BCUT2D eigenvalue weighted by Gasteiger charge is 2.24. The maximum Gasteiger partial charge on any atom is 0.227 e. The molecule has 0 bridgehead atoms. The molecule has 2 aromatic heterocycles. The van der Waals surface area contributed by atoms with E-state index < -0.39 is 0 Å². The average Bonchev–Trinajstić information content (AvgIpc) is 3.79. The fourth-order valence-corrected chi connectivity index (χ4v) is 5.73. The molecule has 0 radical (unpaired) electrons. The van der Waals surface area contributed by atoms with E-state index >= 15 is 0 Å². The third-order valence-corrected chi connectivity index (χ3v) is 8.46. The number of Topliss-reactive ketones (excluding diaryl/α,β-unsaturated/α-hetero) is 1. The Morgan fingerprint density at radius 3 is 1.45 bits per heavy atom. The molecule has 51 heavy (non-hydrogen) atoms. The second-order valence-corrected chi connectivity index (χ2v) is 11.7. The molecule has 0 aliphatic carbocycles. The van der Waals surface area contributed by atoms with Crippen LogP contribution in [0.2, 0.25) is 0 Å². The Hall–Kier alpha value is -6.20. The van der Waals surface area contributed by atoms with E-state index in [1.807, 2.05) is 97.1 Å². The lowest BCUT2D eigenvalue weighted by atomic mass is 9.96. The molecule has 0 aliphatic rings. The monoisotopic (exact) mass is 687 g/mol. The smallest absolute Gasteiger partial charge is 0.227 e. The summed E-state index contributed by atoms with van der Waals surface area (Å²) >= 11 is 0. The SMILES string of the molecule is COc1ccc(-c2noc(CC(=O)CCNC(=O)Cc3onc(-c4ccc(CO)cc4)c3-c3ccc(OC)cc3)c2-c2ccc(OC)cc2)cc1. The van der Waals surface area contributed by atoms with Crippen molar-refractivity contribution in [1.29, 1.82) is 0 Å². The average molecular weight is 688 g/mol. The molecule has 1 amide bonds. The van der Waals surface area contributed by atoms with Crippen LogP contribution in [0.25, 0.3) is 44.8 Å². The zero-order chi connectivity index (χ0) is 35.7. The van der Waals surface area contributed by atoms with Gasteiger partial charge < -0.3 is 33.7 Å². The van der Waals surface area contributed by atoms with Gasteiger partial charge in [0.15, 0.2) is 11.5 Å². The van der Waals surface area contributed by atoms with Gasteiger partial charge in [-0.25, -0.2) is 0 Å². The van der Waals surface area contributed by atoms with Gasteiger partial charge in [0.25, 0.3) is 0 Å². The van der Waals surface area contributed by atoms with Crippen molar-refractivity contribution in [3.8, 4) is 62.0 Å². The first-order chi connectivity index (χ1) is 24.9. The zero-order valence-electron chi connectivity index (χ0n) is 28.5. The molecule has 4 aromatic carbocycles. The van der Waals surface area contributed by atoms with Crippen LogP contribution in [-0.2, 0) is 29.0 Å². The summed E-state index contributed by atoms with van der Waals surface area (Å²) in [5.74, 6) is 2.44. The summed E-state index contributed by atoms with van der Waals surface area (Å²) in [6, 6.07) is 29.6. The molecule has 260 valence electrons. The van der Waals surface area contributed by atoms with Crippen LogP contribution in [0.4, 0.5) is 0 Å². The Balaban J connectivity index is 1.15. The fraction of sp³-hybridized carbons (Fsp3) is 0.200. The molecule has 0 spiro atoms. The highest BCUT2D eigenvalue weighted by Crippen LogP contribution is 2.38. The van der Waals surface area contributed by atoms with Crippen molar-refractivity contribution in [3.63, 3.8) is 0 Å². The van der Waals surface area contributed by atoms with E-state index in [-0.39, 0.29) is 44.1 Å². The summed E-state index contributed by atoms with van der Waals surface area (Å²) in [6.45, 7) is 0.0435. The number of ketones is 1. The molecular formula is C40H37N3O8. The summed E-state index contributed by atoms with van der Waals surface area (Å²) in [7, 11) is 4.79. The molecule has 0 atom stereocenters. The largest absolute Gasteiger partial charge is 0.497 e. The first-order valence-corrected chi connectivity index (χ1v) is 16.3.